The molecule has 9 nitrogen and oxygen atoms in total. The van der Waals surface area contributed by atoms with Crippen LogP contribution < -0.4 is 5.43 Å². The number of hydrogen-bond acceptors (Lipinski definition) is 7. The number of hydrogen-bond donors (Lipinski definition) is 3. The Balaban J connectivity index is 1.39. The molecule has 6 unspecified atom stereocenters. The van der Waals surface area contributed by atoms with E-state index in [0.717, 1.165) is 16.0 Å². The number of allylic oxidation sites excluding steroid dienone is 2. The van der Waals surface area contributed by atoms with E-state index in [0.29, 0.717) is 27.8 Å². The second kappa shape index (κ2) is 10.1. The van der Waals surface area contributed by atoms with Gasteiger partial charge in [0, 0.05) is 16.9 Å². The van der Waals surface area contributed by atoms with Crippen molar-refractivity contribution >= 4 is 40.1 Å². The summed E-state index contributed by atoms with van der Waals surface area (Å²) in [4.78, 5) is 56.1. The molecule has 2 heterocycles. The van der Waals surface area contributed by atoms with Crippen LogP contribution in [0.1, 0.15) is 35.4 Å². The van der Waals surface area contributed by atoms with Crippen LogP contribution in [-0.2, 0) is 24.6 Å². The summed E-state index contributed by atoms with van der Waals surface area (Å²) >= 11 is 0. The van der Waals surface area contributed by atoms with Crippen molar-refractivity contribution in [2.45, 2.75) is 31.1 Å². The average molecular weight is 614 g/mol. The van der Waals surface area contributed by atoms with Crippen molar-refractivity contribution in [1.82, 2.24) is 10.1 Å². The first-order valence-corrected chi connectivity index (χ1v) is 15.5. The predicted molar refractivity (Wildman–Crippen MR) is 168 cm³/mol. The number of aryl methyl sites for hydroxylation is 1. The van der Waals surface area contributed by atoms with E-state index >= 15 is 4.79 Å². The topological polar surface area (TPSA) is 127 Å². The summed E-state index contributed by atoms with van der Waals surface area (Å²) in [5.74, 6) is -6.39. The number of carbonyl (C=O) groups is 4. The molecule has 4 aromatic carbocycles. The van der Waals surface area contributed by atoms with Gasteiger partial charge in [0.1, 0.15) is 5.75 Å². The quantitative estimate of drug-likeness (QED) is 0.164. The van der Waals surface area contributed by atoms with Gasteiger partial charge in [-0.05, 0) is 48.8 Å². The Bertz CT molecular complexity index is 1990. The molecule has 0 radical (unpaired) electrons. The number of nitrogens with one attached hydrogen (secondary N) is 1. The molecule has 4 aliphatic rings. The van der Waals surface area contributed by atoms with Crippen molar-refractivity contribution in [2.75, 3.05) is 5.43 Å². The van der Waals surface area contributed by atoms with E-state index in [2.05, 4.69) is 5.43 Å². The SMILES string of the molecule is Cc1ccc(NN2C(=O)C3CC4C(=CCC5C(=O)N(O)C(=O)C54)C(c4ccc5ccccc5c4O)C3(c3ccccc3)C2=O)cc1. The standard InChI is InChI=1S/C37H31N3O6/c1-20-11-14-23(15-12-20)38-39-34(43)29-19-28-25(17-18-26-30(28)35(44)40(46)33(26)42)31(37(29,36(39)45)22-8-3-2-4-9-22)27-16-13-21-7-5-6-10-24(21)32(27)41/h2-17,26,28-31,38,41,46H,18-19H2,1H3. The van der Waals surface area contributed by atoms with Crippen LogP contribution in [0, 0.1) is 30.6 Å². The molecule has 2 saturated heterocycles. The number of anilines is 1. The molecule has 0 bridgehead atoms. The third kappa shape index (κ3) is 3.72. The van der Waals surface area contributed by atoms with Gasteiger partial charge in [0.25, 0.3) is 23.6 Å². The van der Waals surface area contributed by atoms with Crippen molar-refractivity contribution in [3.8, 4) is 5.75 Å². The van der Waals surface area contributed by atoms with Crippen molar-refractivity contribution < 1.29 is 29.5 Å². The van der Waals surface area contributed by atoms with Gasteiger partial charge >= 0.3 is 0 Å². The highest BCUT2D eigenvalue weighted by molar-refractivity contribution is 6.13. The van der Waals surface area contributed by atoms with Crippen LogP contribution in [0.5, 0.6) is 5.75 Å². The minimum Gasteiger partial charge on any atom is -0.507 e. The van der Waals surface area contributed by atoms with Crippen LogP contribution in [-0.4, -0.2) is 44.0 Å². The first-order chi connectivity index (χ1) is 22.2. The van der Waals surface area contributed by atoms with Crippen molar-refractivity contribution in [1.29, 1.82) is 0 Å². The highest BCUT2D eigenvalue weighted by Crippen LogP contribution is 2.65. The number of amides is 4. The maximum absolute atomic E-state index is 15.1. The molecule has 8 rings (SSSR count). The molecule has 46 heavy (non-hydrogen) atoms. The fourth-order valence-corrected chi connectivity index (χ4v) is 8.58. The summed E-state index contributed by atoms with van der Waals surface area (Å²) in [6, 6.07) is 27.6. The molecule has 0 spiro atoms. The lowest BCUT2D eigenvalue weighted by Gasteiger charge is -2.50. The Kier molecular flexibility index (Phi) is 6.20. The van der Waals surface area contributed by atoms with E-state index in [9.17, 15) is 24.7 Å². The molecule has 4 aromatic rings. The van der Waals surface area contributed by atoms with Gasteiger partial charge in [-0.15, -0.1) is 0 Å². The number of benzene rings is 4. The first-order valence-electron chi connectivity index (χ1n) is 15.5. The fraction of sp³-hybridized carbons (Fsp3) is 0.243. The number of imide groups is 2. The maximum atomic E-state index is 15.1. The second-order valence-corrected chi connectivity index (χ2v) is 12.8. The van der Waals surface area contributed by atoms with Crippen molar-refractivity contribution in [3.05, 3.63) is 119 Å². The van der Waals surface area contributed by atoms with E-state index in [4.69, 9.17) is 0 Å². The number of phenolic OH excluding ortho intramolecular Hbond substituents is 1. The zero-order chi connectivity index (χ0) is 31.9. The Hall–Kier alpha value is -5.28. The molecule has 6 atom stereocenters. The number of hydroxylamine groups is 2. The van der Waals surface area contributed by atoms with E-state index in [1.165, 1.54) is 0 Å². The van der Waals surface area contributed by atoms with Crippen LogP contribution >= 0.6 is 0 Å². The lowest BCUT2D eigenvalue weighted by Crippen LogP contribution is -2.53. The minimum absolute atomic E-state index is 0.0105. The molecule has 2 aliphatic heterocycles. The number of phenols is 1. The number of carbonyl (C=O) groups excluding carboxylic acids is 4. The van der Waals surface area contributed by atoms with Crippen LogP contribution in [0.3, 0.4) is 0 Å². The van der Waals surface area contributed by atoms with Gasteiger partial charge in [-0.3, -0.25) is 29.8 Å². The Morgan fingerprint density at radius 3 is 2.28 bits per heavy atom. The number of aromatic hydroxyl groups is 1. The average Bonchev–Trinajstić information content (AvgIpc) is 3.43. The van der Waals surface area contributed by atoms with Crippen LogP contribution in [0.2, 0.25) is 0 Å². The summed E-state index contributed by atoms with van der Waals surface area (Å²) < 4.78 is 0. The maximum Gasteiger partial charge on any atom is 0.260 e. The van der Waals surface area contributed by atoms with Gasteiger partial charge in [-0.2, -0.15) is 10.1 Å². The first kappa shape index (κ1) is 28.2. The lowest BCUT2D eigenvalue weighted by molar-refractivity contribution is -0.173. The predicted octanol–water partition coefficient (Wildman–Crippen LogP) is 5.23. The number of rotatable bonds is 4. The van der Waals surface area contributed by atoms with E-state index in [1.54, 1.807) is 18.2 Å². The zero-order valence-corrected chi connectivity index (χ0v) is 25.0. The Morgan fingerprint density at radius 1 is 0.804 bits per heavy atom. The Morgan fingerprint density at radius 2 is 1.52 bits per heavy atom. The Labute approximate surface area is 264 Å². The van der Waals surface area contributed by atoms with E-state index in [1.807, 2.05) is 85.8 Å². The summed E-state index contributed by atoms with van der Waals surface area (Å²) in [5.41, 5.74) is 4.94. The van der Waals surface area contributed by atoms with Gasteiger partial charge in [0.2, 0.25) is 0 Å². The second-order valence-electron chi connectivity index (χ2n) is 12.8. The smallest absolute Gasteiger partial charge is 0.260 e. The van der Waals surface area contributed by atoms with E-state index in [-0.39, 0.29) is 23.7 Å². The molecule has 1 saturated carbocycles. The molecular weight excluding hydrogens is 582 g/mol. The number of nitrogens with zero attached hydrogens (tertiary/aromatic N) is 2. The lowest BCUT2D eigenvalue weighted by atomic mass is 9.49. The van der Waals surface area contributed by atoms with Crippen LogP contribution in [0.25, 0.3) is 10.8 Å². The number of fused-ring (bicyclic) bond motifs is 5. The molecular formula is C37H31N3O6. The highest BCUT2D eigenvalue weighted by atomic mass is 16.5. The molecule has 230 valence electrons. The van der Waals surface area contributed by atoms with E-state index < -0.39 is 58.6 Å². The van der Waals surface area contributed by atoms with Crippen LogP contribution in [0.4, 0.5) is 5.69 Å². The summed E-state index contributed by atoms with van der Waals surface area (Å²) in [6.07, 6.45) is 2.19. The normalized spacial score (nSPS) is 28.7. The molecule has 9 heteroatoms. The van der Waals surface area contributed by atoms with Gasteiger partial charge < -0.3 is 5.11 Å². The summed E-state index contributed by atoms with van der Waals surface area (Å²) in [7, 11) is 0. The number of hydrazine groups is 1. The van der Waals surface area contributed by atoms with Gasteiger partial charge in [0.15, 0.2) is 0 Å². The van der Waals surface area contributed by atoms with Crippen LogP contribution in [0.15, 0.2) is 103 Å². The summed E-state index contributed by atoms with van der Waals surface area (Å²) in [5, 5.41) is 25.1. The molecule has 4 amide bonds. The van der Waals surface area contributed by atoms with Gasteiger partial charge in [0.05, 0.1) is 28.9 Å². The molecule has 0 aromatic heterocycles. The highest BCUT2D eigenvalue weighted by Gasteiger charge is 2.70. The zero-order valence-electron chi connectivity index (χ0n) is 25.0. The molecule has 2 aliphatic carbocycles. The molecule has 3 fully saturated rings. The van der Waals surface area contributed by atoms with Crippen molar-refractivity contribution in [3.63, 3.8) is 0 Å². The van der Waals surface area contributed by atoms with Gasteiger partial charge in [-0.25, -0.2) is 0 Å². The monoisotopic (exact) mass is 613 g/mol. The molecule has 3 N–H and O–H groups in total. The third-order valence-electron chi connectivity index (χ3n) is 10.6. The summed E-state index contributed by atoms with van der Waals surface area (Å²) in [6.45, 7) is 1.95. The fourth-order valence-electron chi connectivity index (χ4n) is 8.58. The largest absolute Gasteiger partial charge is 0.507 e. The van der Waals surface area contributed by atoms with Gasteiger partial charge in [-0.1, -0.05) is 96.1 Å². The minimum atomic E-state index is -1.49. The third-order valence-corrected chi connectivity index (χ3v) is 10.6. The van der Waals surface area contributed by atoms with Crippen molar-refractivity contribution in [2.24, 2.45) is 23.7 Å².